The van der Waals surface area contributed by atoms with Crippen LogP contribution in [0.1, 0.15) is 36.8 Å². The third-order valence-electron chi connectivity index (χ3n) is 5.51. The molecule has 0 aromatic heterocycles. The summed E-state index contributed by atoms with van der Waals surface area (Å²) in [6, 6.07) is 13.7. The summed E-state index contributed by atoms with van der Waals surface area (Å²) in [4.78, 5) is 16.7. The maximum atomic E-state index is 12.4. The number of guanidine groups is 1. The topological polar surface area (TPSA) is 84.0 Å². The lowest BCUT2D eigenvalue weighted by molar-refractivity contribution is -0.119. The molecule has 3 N–H and O–H groups in total. The molecule has 2 aromatic rings. The number of carbonyl (C=O) groups excluding carboxylic acids is 1. The van der Waals surface area contributed by atoms with Gasteiger partial charge in [0, 0.05) is 31.7 Å². The second kappa shape index (κ2) is 11.2. The van der Waals surface area contributed by atoms with Crippen molar-refractivity contribution >= 4 is 17.6 Å². The maximum absolute atomic E-state index is 12.4. The molecule has 1 aliphatic rings. The molecular weight excluding hydrogens is 392 g/mol. The first-order chi connectivity index (χ1) is 15.1. The lowest BCUT2D eigenvalue weighted by Gasteiger charge is -2.14. The van der Waals surface area contributed by atoms with Crippen molar-refractivity contribution in [1.82, 2.24) is 10.6 Å². The molecule has 1 saturated carbocycles. The van der Waals surface area contributed by atoms with Crippen molar-refractivity contribution in [1.29, 1.82) is 0 Å². The Morgan fingerprint density at radius 1 is 0.968 bits per heavy atom. The van der Waals surface area contributed by atoms with Gasteiger partial charge in [0.05, 0.1) is 14.2 Å². The number of rotatable bonds is 8. The highest BCUT2D eigenvalue weighted by molar-refractivity contribution is 5.92. The Labute approximate surface area is 184 Å². The van der Waals surface area contributed by atoms with Crippen LogP contribution in [-0.4, -0.2) is 33.1 Å². The van der Waals surface area contributed by atoms with Crippen molar-refractivity contribution in [3.05, 3.63) is 53.6 Å². The summed E-state index contributed by atoms with van der Waals surface area (Å²) in [5, 5.41) is 9.67. The first kappa shape index (κ1) is 22.5. The molecule has 1 aliphatic carbocycles. The molecule has 1 amide bonds. The SMILES string of the molecule is CN=C(NCc1cccc(NC(=O)C2CCCC2)c1)NCc1ccc(OC)c(OC)c1. The third-order valence-corrected chi connectivity index (χ3v) is 5.51. The van der Waals surface area contributed by atoms with E-state index in [4.69, 9.17) is 9.47 Å². The van der Waals surface area contributed by atoms with Gasteiger partial charge in [-0.15, -0.1) is 0 Å². The van der Waals surface area contributed by atoms with E-state index in [1.54, 1.807) is 21.3 Å². The van der Waals surface area contributed by atoms with E-state index in [1.165, 1.54) is 0 Å². The minimum atomic E-state index is 0.134. The standard InChI is InChI=1S/C24H32N4O3/c1-25-24(27-16-18-11-12-21(30-2)22(14-18)31-3)26-15-17-7-6-10-20(13-17)28-23(29)19-8-4-5-9-19/h6-7,10-14,19H,4-5,8-9,15-16H2,1-3H3,(H,28,29)(H2,25,26,27). The second-order valence-electron chi connectivity index (χ2n) is 7.64. The molecule has 31 heavy (non-hydrogen) atoms. The number of ether oxygens (including phenoxy) is 2. The Bertz CT molecular complexity index is 907. The molecule has 1 fully saturated rings. The molecular formula is C24H32N4O3. The molecule has 0 spiro atoms. The van der Waals surface area contributed by atoms with Crippen LogP contribution < -0.4 is 25.4 Å². The molecule has 0 radical (unpaired) electrons. The minimum Gasteiger partial charge on any atom is -0.493 e. The summed E-state index contributed by atoms with van der Waals surface area (Å²) < 4.78 is 10.6. The fourth-order valence-corrected chi connectivity index (χ4v) is 3.77. The smallest absolute Gasteiger partial charge is 0.227 e. The van der Waals surface area contributed by atoms with Crippen LogP contribution in [0.3, 0.4) is 0 Å². The van der Waals surface area contributed by atoms with Gasteiger partial charge in [-0.25, -0.2) is 0 Å². The average Bonchev–Trinajstić information content (AvgIpc) is 3.34. The molecule has 2 aromatic carbocycles. The van der Waals surface area contributed by atoms with Crippen molar-refractivity contribution < 1.29 is 14.3 Å². The fraction of sp³-hybridized carbons (Fsp3) is 0.417. The second-order valence-corrected chi connectivity index (χ2v) is 7.64. The average molecular weight is 425 g/mol. The van der Waals surface area contributed by atoms with Crippen LogP contribution in [0.4, 0.5) is 5.69 Å². The number of carbonyl (C=O) groups is 1. The van der Waals surface area contributed by atoms with Gasteiger partial charge in [-0.2, -0.15) is 0 Å². The zero-order chi connectivity index (χ0) is 22.1. The number of anilines is 1. The van der Waals surface area contributed by atoms with E-state index in [9.17, 15) is 4.79 Å². The number of nitrogens with one attached hydrogen (secondary N) is 3. The number of methoxy groups -OCH3 is 2. The van der Waals surface area contributed by atoms with Gasteiger partial charge >= 0.3 is 0 Å². The molecule has 0 bridgehead atoms. The largest absolute Gasteiger partial charge is 0.493 e. The van der Waals surface area contributed by atoms with Crippen LogP contribution in [0.2, 0.25) is 0 Å². The number of hydrogen-bond donors (Lipinski definition) is 3. The van der Waals surface area contributed by atoms with Crippen molar-refractivity contribution in [2.45, 2.75) is 38.8 Å². The van der Waals surface area contributed by atoms with E-state index >= 15 is 0 Å². The van der Waals surface area contributed by atoms with Crippen LogP contribution in [0.15, 0.2) is 47.5 Å². The number of hydrogen-bond acceptors (Lipinski definition) is 4. The van der Waals surface area contributed by atoms with Crippen molar-refractivity contribution in [3.8, 4) is 11.5 Å². The van der Waals surface area contributed by atoms with Gasteiger partial charge in [0.15, 0.2) is 17.5 Å². The van der Waals surface area contributed by atoms with E-state index in [0.717, 1.165) is 42.5 Å². The van der Waals surface area contributed by atoms with E-state index in [2.05, 4.69) is 20.9 Å². The molecule has 0 aliphatic heterocycles. The number of benzene rings is 2. The van der Waals surface area contributed by atoms with E-state index in [0.29, 0.717) is 30.5 Å². The molecule has 7 nitrogen and oxygen atoms in total. The number of aliphatic imine (C=N–C) groups is 1. The maximum Gasteiger partial charge on any atom is 0.227 e. The summed E-state index contributed by atoms with van der Waals surface area (Å²) >= 11 is 0. The predicted octanol–water partition coefficient (Wildman–Crippen LogP) is 3.70. The summed E-state index contributed by atoms with van der Waals surface area (Å²) in [6.07, 6.45) is 4.29. The van der Waals surface area contributed by atoms with Gasteiger partial charge < -0.3 is 25.4 Å². The molecule has 166 valence electrons. The van der Waals surface area contributed by atoms with E-state index in [-0.39, 0.29) is 11.8 Å². The highest BCUT2D eigenvalue weighted by Crippen LogP contribution is 2.27. The lowest BCUT2D eigenvalue weighted by atomic mass is 10.1. The van der Waals surface area contributed by atoms with Crippen LogP contribution in [0.5, 0.6) is 11.5 Å². The highest BCUT2D eigenvalue weighted by Gasteiger charge is 2.22. The molecule has 7 heteroatoms. The van der Waals surface area contributed by atoms with Crippen molar-refractivity contribution in [2.24, 2.45) is 10.9 Å². The number of amides is 1. The Kier molecular flexibility index (Phi) is 8.15. The highest BCUT2D eigenvalue weighted by atomic mass is 16.5. The van der Waals surface area contributed by atoms with Crippen LogP contribution in [0.25, 0.3) is 0 Å². The van der Waals surface area contributed by atoms with Gasteiger partial charge in [0.25, 0.3) is 0 Å². The Balaban J connectivity index is 1.52. The number of nitrogens with zero attached hydrogens (tertiary/aromatic N) is 1. The van der Waals surface area contributed by atoms with Crippen molar-refractivity contribution in [2.75, 3.05) is 26.6 Å². The fourth-order valence-electron chi connectivity index (χ4n) is 3.77. The summed E-state index contributed by atoms with van der Waals surface area (Å²) in [6.45, 7) is 1.19. The minimum absolute atomic E-state index is 0.134. The van der Waals surface area contributed by atoms with Gasteiger partial charge in [0.2, 0.25) is 5.91 Å². The van der Waals surface area contributed by atoms with Gasteiger partial charge in [-0.1, -0.05) is 31.0 Å². The predicted molar refractivity (Wildman–Crippen MR) is 124 cm³/mol. The first-order valence-electron chi connectivity index (χ1n) is 10.7. The van der Waals surface area contributed by atoms with Gasteiger partial charge in [-0.3, -0.25) is 9.79 Å². The van der Waals surface area contributed by atoms with Crippen LogP contribution >= 0.6 is 0 Å². The lowest BCUT2D eigenvalue weighted by Crippen LogP contribution is -2.36. The first-order valence-corrected chi connectivity index (χ1v) is 10.7. The van der Waals surface area contributed by atoms with E-state index < -0.39 is 0 Å². The monoisotopic (exact) mass is 424 g/mol. The Morgan fingerprint density at radius 3 is 2.29 bits per heavy atom. The zero-order valence-electron chi connectivity index (χ0n) is 18.5. The Hall–Kier alpha value is -3.22. The normalized spacial score (nSPS) is 14.2. The van der Waals surface area contributed by atoms with Crippen LogP contribution in [0, 0.1) is 5.92 Å². The quantitative estimate of drug-likeness (QED) is 0.445. The summed E-state index contributed by atoms with van der Waals surface area (Å²) in [5.74, 6) is 2.38. The molecule has 0 heterocycles. The molecule has 0 atom stereocenters. The third kappa shape index (κ3) is 6.38. The van der Waals surface area contributed by atoms with Crippen molar-refractivity contribution in [3.63, 3.8) is 0 Å². The van der Waals surface area contributed by atoms with E-state index in [1.807, 2.05) is 42.5 Å². The van der Waals surface area contributed by atoms with Gasteiger partial charge in [-0.05, 0) is 48.2 Å². The molecule has 0 saturated heterocycles. The Morgan fingerprint density at radius 2 is 1.65 bits per heavy atom. The van der Waals surface area contributed by atoms with Gasteiger partial charge in [0.1, 0.15) is 0 Å². The molecule has 3 rings (SSSR count). The molecule has 0 unspecified atom stereocenters. The van der Waals surface area contributed by atoms with Crippen LogP contribution in [-0.2, 0) is 17.9 Å². The zero-order valence-corrected chi connectivity index (χ0v) is 18.5. The summed E-state index contributed by atoms with van der Waals surface area (Å²) in [5.41, 5.74) is 2.96. The summed E-state index contributed by atoms with van der Waals surface area (Å²) in [7, 11) is 4.98.